The van der Waals surface area contributed by atoms with Gasteiger partial charge in [-0.1, -0.05) is 36.4 Å². The van der Waals surface area contributed by atoms with E-state index in [4.69, 9.17) is 33.3 Å². The summed E-state index contributed by atoms with van der Waals surface area (Å²) in [5.41, 5.74) is 8.54. The van der Waals surface area contributed by atoms with E-state index in [9.17, 15) is 19.2 Å². The van der Waals surface area contributed by atoms with Crippen LogP contribution in [0.5, 0.6) is 0 Å². The number of aromatic nitrogens is 3. The van der Waals surface area contributed by atoms with Crippen molar-refractivity contribution in [3.8, 4) is 33.6 Å². The van der Waals surface area contributed by atoms with Crippen molar-refractivity contribution in [2.45, 2.75) is 121 Å². The third kappa shape index (κ3) is 8.99. The molecule has 1 aliphatic carbocycles. The zero-order valence-corrected chi connectivity index (χ0v) is 37.8. The van der Waals surface area contributed by atoms with Crippen LogP contribution in [0.25, 0.3) is 33.6 Å². The maximum atomic E-state index is 14.3. The lowest BCUT2D eigenvalue weighted by atomic mass is 9.90. The number of H-pyrrole nitrogens is 1. The van der Waals surface area contributed by atoms with Gasteiger partial charge in [0.2, 0.25) is 17.7 Å². The molecule has 5 aliphatic rings. The first-order valence-corrected chi connectivity index (χ1v) is 23.4. The van der Waals surface area contributed by atoms with Crippen molar-refractivity contribution in [1.29, 1.82) is 0 Å². The third-order valence-corrected chi connectivity index (χ3v) is 14.6. The Labute approximate surface area is 379 Å². The van der Waals surface area contributed by atoms with E-state index in [1.54, 1.807) is 6.26 Å². The van der Waals surface area contributed by atoms with Gasteiger partial charge in [0.15, 0.2) is 0 Å². The lowest BCUT2D eigenvalue weighted by Crippen LogP contribution is -2.54. The van der Waals surface area contributed by atoms with Crippen LogP contribution in [0.15, 0.2) is 53.3 Å². The summed E-state index contributed by atoms with van der Waals surface area (Å²) in [5, 5.41) is 5.68. The minimum atomic E-state index is -0.727. The predicted molar refractivity (Wildman–Crippen MR) is 239 cm³/mol. The lowest BCUT2D eigenvalue weighted by molar-refractivity contribution is -0.139. The molecule has 0 radical (unpaired) electrons. The molecule has 3 N–H and O–H groups in total. The van der Waals surface area contributed by atoms with Crippen LogP contribution >= 0.6 is 0 Å². The number of ether oxygens (including phenoxy) is 4. The van der Waals surface area contributed by atoms with Gasteiger partial charge in [-0.15, -0.1) is 0 Å². The van der Waals surface area contributed by atoms with E-state index in [1.165, 1.54) is 30.9 Å². The fourth-order valence-corrected chi connectivity index (χ4v) is 11.0. The molecule has 0 spiro atoms. The van der Waals surface area contributed by atoms with Crippen LogP contribution in [0.4, 0.5) is 9.59 Å². The number of oxazole rings is 1. The summed E-state index contributed by atoms with van der Waals surface area (Å²) in [6.45, 7) is 6.29. The second-order valence-corrected chi connectivity index (χ2v) is 18.3. The van der Waals surface area contributed by atoms with Crippen molar-refractivity contribution in [3.05, 3.63) is 71.7 Å². The molecule has 0 unspecified atom stereocenters. The molecular weight excluding hydrogens is 831 g/mol. The number of aromatic amines is 1. The van der Waals surface area contributed by atoms with E-state index in [1.807, 2.05) is 22.9 Å². The smallest absolute Gasteiger partial charge is 0.407 e. The predicted octanol–water partition coefficient (Wildman–Crippen LogP) is 7.29. The average molecular weight is 892 g/mol. The molecule has 16 nitrogen and oxygen atoms in total. The Morgan fingerprint density at radius 3 is 1.80 bits per heavy atom. The summed E-state index contributed by atoms with van der Waals surface area (Å²) in [6.07, 6.45) is 11.1. The topological polar surface area (TPSA) is 190 Å². The highest BCUT2D eigenvalue weighted by atomic mass is 16.5. The van der Waals surface area contributed by atoms with Crippen LogP contribution in [0, 0.1) is 11.8 Å². The first kappa shape index (κ1) is 44.5. The fraction of sp³-hybridized carbons (Fsp3) is 0.551. The Morgan fingerprint density at radius 2 is 1.22 bits per heavy atom. The number of methoxy groups -OCH3 is 2. The maximum Gasteiger partial charge on any atom is 0.407 e. The molecule has 16 heteroatoms. The second kappa shape index (κ2) is 19.4. The molecule has 9 rings (SSSR count). The highest BCUT2D eigenvalue weighted by molar-refractivity contribution is 5.88. The summed E-state index contributed by atoms with van der Waals surface area (Å²) >= 11 is 0. The second-order valence-electron chi connectivity index (χ2n) is 18.3. The minimum absolute atomic E-state index is 0.0164. The Hall–Kier alpha value is -5.74. The van der Waals surface area contributed by atoms with Gasteiger partial charge in [-0.2, -0.15) is 0 Å². The van der Waals surface area contributed by atoms with Crippen molar-refractivity contribution in [2.75, 3.05) is 40.6 Å². The third-order valence-electron chi connectivity index (χ3n) is 14.6. The normalized spacial score (nSPS) is 23.5. The Morgan fingerprint density at radius 1 is 0.692 bits per heavy atom. The largest absolute Gasteiger partial charge is 0.453 e. The number of hydrogen-bond acceptors (Lipinski definition) is 11. The number of carbonyl (C=O) groups excluding carboxylic acids is 4. The maximum absolute atomic E-state index is 14.3. The molecule has 4 amide bonds. The van der Waals surface area contributed by atoms with Crippen LogP contribution in [0.3, 0.4) is 0 Å². The molecule has 0 saturated carbocycles. The molecule has 4 aliphatic heterocycles. The van der Waals surface area contributed by atoms with Gasteiger partial charge in [0.1, 0.15) is 35.9 Å². The van der Waals surface area contributed by atoms with Crippen molar-refractivity contribution in [2.24, 2.45) is 11.8 Å². The van der Waals surface area contributed by atoms with Gasteiger partial charge in [0.25, 0.3) is 0 Å². The Kier molecular flexibility index (Phi) is 13.3. The molecule has 6 atom stereocenters. The highest BCUT2D eigenvalue weighted by Crippen LogP contribution is 2.43. The molecule has 2 aromatic heterocycles. The number of nitrogens with zero attached hydrogens (tertiary/aromatic N) is 4. The SMILES string of the molecule is COC(=O)N[C@H](C(=O)N1[C@@H](C)CC[C@H]1c1ncc(-c2ccc(-c3ccc(-c4coc([C@@H]5CC[C@H](C)N5C(=O)[C@@H](NC(=O)OC)C5CCOCC5)n4)c4c3CCC4)cc2)[nH]1)C1CCOCC1. The van der Waals surface area contributed by atoms with Gasteiger partial charge in [0, 0.05) is 44.1 Å². The average Bonchev–Trinajstić information content (AvgIpc) is 4.21. The van der Waals surface area contributed by atoms with E-state index in [2.05, 4.69) is 58.9 Å². The molecule has 4 aromatic rings. The van der Waals surface area contributed by atoms with Crippen LogP contribution in [0.2, 0.25) is 0 Å². The van der Waals surface area contributed by atoms with Crippen molar-refractivity contribution in [3.63, 3.8) is 0 Å². The molecule has 346 valence electrons. The number of carbonyl (C=O) groups is 4. The summed E-state index contributed by atoms with van der Waals surface area (Å²) in [4.78, 5) is 70.5. The van der Waals surface area contributed by atoms with Crippen molar-refractivity contribution >= 4 is 24.0 Å². The highest BCUT2D eigenvalue weighted by Gasteiger charge is 2.45. The quantitative estimate of drug-likeness (QED) is 0.137. The summed E-state index contributed by atoms with van der Waals surface area (Å²) in [6, 6.07) is 10.7. The molecule has 6 heterocycles. The first-order valence-electron chi connectivity index (χ1n) is 23.4. The van der Waals surface area contributed by atoms with Crippen molar-refractivity contribution < 1.29 is 42.5 Å². The van der Waals surface area contributed by atoms with Gasteiger partial charge in [0.05, 0.1) is 32.2 Å². The number of rotatable bonds is 11. The van der Waals surface area contributed by atoms with Crippen LogP contribution in [-0.2, 0) is 41.4 Å². The molecule has 4 fully saturated rings. The van der Waals surface area contributed by atoms with Crippen LogP contribution < -0.4 is 10.6 Å². The number of nitrogens with one attached hydrogen (secondary N) is 3. The summed E-state index contributed by atoms with van der Waals surface area (Å²) in [5.74, 6) is 0.872. The van der Waals surface area contributed by atoms with Gasteiger partial charge < -0.3 is 48.8 Å². The molecular formula is C49H61N7O9. The monoisotopic (exact) mass is 891 g/mol. The van der Waals surface area contributed by atoms with Gasteiger partial charge in [-0.3, -0.25) is 9.59 Å². The number of hydrogen-bond donors (Lipinski definition) is 3. The number of alkyl carbamates (subject to hydrolysis) is 2. The minimum Gasteiger partial charge on any atom is -0.453 e. The van der Waals surface area contributed by atoms with E-state index < -0.39 is 24.3 Å². The number of fused-ring (bicyclic) bond motifs is 1. The zero-order valence-electron chi connectivity index (χ0n) is 37.8. The number of likely N-dealkylation sites (tertiary alicyclic amines) is 2. The van der Waals surface area contributed by atoms with E-state index >= 15 is 0 Å². The van der Waals surface area contributed by atoms with E-state index in [0.29, 0.717) is 64.4 Å². The number of imidazole rings is 1. The molecule has 4 saturated heterocycles. The summed E-state index contributed by atoms with van der Waals surface area (Å²) < 4.78 is 27.2. The summed E-state index contributed by atoms with van der Waals surface area (Å²) in [7, 11) is 2.62. The molecule has 65 heavy (non-hydrogen) atoms. The van der Waals surface area contributed by atoms with E-state index in [-0.39, 0.29) is 47.8 Å². The standard InChI is InChI=1S/C49H61N7O9/c1-28-8-16-40(55(28)46(57)42(53-48(59)61-3)32-18-22-63-23-19-32)44-50-26-38(51-44)31-12-10-30(11-13-31)34-14-15-37(36-7-5-6-35(34)36)39-27-65-45(52-39)41-17-9-29(2)56(41)47(58)43(54-49(60)62-4)33-20-24-64-25-21-33/h10-15,26-29,32-33,40-43H,5-9,16-25H2,1-4H3,(H,50,51)(H,53,59)(H,54,60)/t28-,29-,40-,41-,42-,43-/m0/s1. The Balaban J connectivity index is 0.911. The number of amides is 4. The Bertz CT molecular complexity index is 2350. The lowest BCUT2D eigenvalue weighted by Gasteiger charge is -2.36. The zero-order chi connectivity index (χ0) is 45.2. The van der Waals surface area contributed by atoms with Crippen LogP contribution in [0.1, 0.15) is 107 Å². The van der Waals surface area contributed by atoms with Gasteiger partial charge >= 0.3 is 12.2 Å². The van der Waals surface area contributed by atoms with E-state index in [0.717, 1.165) is 72.4 Å². The first-order chi connectivity index (χ1) is 31.6. The number of benzene rings is 2. The van der Waals surface area contributed by atoms with Gasteiger partial charge in [-0.05, 0) is 124 Å². The molecule has 0 bridgehead atoms. The van der Waals surface area contributed by atoms with Gasteiger partial charge in [-0.25, -0.2) is 19.6 Å². The fourth-order valence-electron chi connectivity index (χ4n) is 11.0. The molecule has 2 aromatic carbocycles. The van der Waals surface area contributed by atoms with Crippen LogP contribution in [-0.4, -0.2) is 114 Å². The van der Waals surface area contributed by atoms with Crippen molar-refractivity contribution in [1.82, 2.24) is 35.4 Å².